The van der Waals surface area contributed by atoms with Gasteiger partial charge in [0.05, 0.1) is 31.9 Å². The van der Waals surface area contributed by atoms with Crippen LogP contribution in [0.25, 0.3) is 10.9 Å². The summed E-state index contributed by atoms with van der Waals surface area (Å²) < 4.78 is 13.4. The lowest BCUT2D eigenvalue weighted by Gasteiger charge is -2.48. The van der Waals surface area contributed by atoms with Gasteiger partial charge in [0.25, 0.3) is 5.91 Å². The van der Waals surface area contributed by atoms with Crippen molar-refractivity contribution in [2.75, 3.05) is 20.3 Å². The third kappa shape index (κ3) is 4.43. The molecule has 3 fully saturated rings. The van der Waals surface area contributed by atoms with E-state index in [4.69, 9.17) is 14.6 Å². The highest BCUT2D eigenvalue weighted by Gasteiger charge is 2.40. The van der Waals surface area contributed by atoms with Crippen molar-refractivity contribution in [3.05, 3.63) is 59.8 Å². The minimum Gasteiger partial charge on any atom is -0.497 e. The number of fused-ring (bicyclic) bond motifs is 3. The van der Waals surface area contributed by atoms with Crippen molar-refractivity contribution < 1.29 is 14.3 Å². The molecular weight excluding hydrogens is 440 g/mol. The van der Waals surface area contributed by atoms with Gasteiger partial charge < -0.3 is 14.8 Å². The van der Waals surface area contributed by atoms with Crippen LogP contribution in [-0.4, -0.2) is 59.0 Å². The lowest BCUT2D eigenvalue weighted by atomic mass is 9.89. The summed E-state index contributed by atoms with van der Waals surface area (Å²) >= 11 is 0. The van der Waals surface area contributed by atoms with Gasteiger partial charge in [-0.05, 0) is 49.4 Å². The van der Waals surface area contributed by atoms with Crippen LogP contribution in [0.3, 0.4) is 0 Å². The Morgan fingerprint density at radius 2 is 1.83 bits per heavy atom. The fourth-order valence-electron chi connectivity index (χ4n) is 6.29. The monoisotopic (exact) mass is 474 g/mol. The van der Waals surface area contributed by atoms with Crippen molar-refractivity contribution in [1.82, 2.24) is 20.0 Å². The maximum absolute atomic E-state index is 13.5. The molecule has 3 aromatic rings. The van der Waals surface area contributed by atoms with E-state index in [0.717, 1.165) is 48.9 Å². The third-order valence-electron chi connectivity index (χ3n) is 8.01. The first-order valence-corrected chi connectivity index (χ1v) is 12.9. The number of nitrogens with one attached hydrogen (secondary N) is 1. The first-order valence-electron chi connectivity index (χ1n) is 12.9. The summed E-state index contributed by atoms with van der Waals surface area (Å²) in [6.45, 7) is 2.27. The fourth-order valence-corrected chi connectivity index (χ4v) is 6.29. The molecule has 1 saturated carbocycles. The fraction of sp³-hybridized carbons (Fsp3) is 0.500. The lowest BCUT2D eigenvalue weighted by Crippen LogP contribution is -2.60. The molecule has 2 bridgehead atoms. The molecular formula is C28H34N4O3. The van der Waals surface area contributed by atoms with E-state index in [1.807, 2.05) is 30.3 Å². The minimum absolute atomic E-state index is 0.0526. The number of benzene rings is 2. The predicted molar refractivity (Wildman–Crippen MR) is 135 cm³/mol. The number of rotatable bonds is 6. The number of nitrogens with zero attached hydrogens (tertiary/aromatic N) is 3. The first-order chi connectivity index (χ1) is 17.2. The Bertz CT molecular complexity index is 1190. The van der Waals surface area contributed by atoms with Crippen LogP contribution in [0.15, 0.2) is 48.5 Å². The summed E-state index contributed by atoms with van der Waals surface area (Å²) in [6.07, 6.45) is 6.52. The summed E-state index contributed by atoms with van der Waals surface area (Å²) in [5.74, 6) is 0.832. The maximum Gasteiger partial charge on any atom is 0.272 e. The number of piperidine rings is 1. The molecule has 3 atom stereocenters. The van der Waals surface area contributed by atoms with Crippen LogP contribution in [-0.2, 0) is 11.3 Å². The topological polar surface area (TPSA) is 68.6 Å². The van der Waals surface area contributed by atoms with Crippen LogP contribution in [0, 0.1) is 0 Å². The van der Waals surface area contributed by atoms with Gasteiger partial charge in [0.2, 0.25) is 0 Å². The first kappa shape index (κ1) is 22.6. The quantitative estimate of drug-likeness (QED) is 0.576. The van der Waals surface area contributed by atoms with Crippen molar-refractivity contribution >= 4 is 16.8 Å². The number of carbonyl (C=O) groups excluding carboxylic acids is 1. The van der Waals surface area contributed by atoms with Crippen LogP contribution in [0.2, 0.25) is 0 Å². The number of para-hydroxylation sites is 1. The Balaban J connectivity index is 1.18. The van der Waals surface area contributed by atoms with Gasteiger partial charge in [0.15, 0.2) is 5.69 Å². The molecule has 35 heavy (non-hydrogen) atoms. The number of morpholine rings is 1. The molecule has 3 aliphatic rings. The van der Waals surface area contributed by atoms with Crippen LogP contribution >= 0.6 is 0 Å². The Kier molecular flexibility index (Phi) is 6.20. The van der Waals surface area contributed by atoms with Crippen molar-refractivity contribution in [3.63, 3.8) is 0 Å². The van der Waals surface area contributed by atoms with E-state index in [9.17, 15) is 4.79 Å². The van der Waals surface area contributed by atoms with Crippen molar-refractivity contribution in [1.29, 1.82) is 0 Å². The molecule has 1 N–H and O–H groups in total. The summed E-state index contributed by atoms with van der Waals surface area (Å²) in [4.78, 5) is 16.0. The maximum atomic E-state index is 13.5. The van der Waals surface area contributed by atoms with Crippen LogP contribution in [0.5, 0.6) is 5.75 Å². The van der Waals surface area contributed by atoms with Crippen LogP contribution < -0.4 is 10.1 Å². The number of ether oxygens (including phenoxy) is 2. The van der Waals surface area contributed by atoms with E-state index in [1.165, 1.54) is 18.4 Å². The molecule has 0 radical (unpaired) electrons. The average molecular weight is 475 g/mol. The Hall–Kier alpha value is -2.90. The highest BCUT2D eigenvalue weighted by molar-refractivity contribution is 6.05. The number of carbonyl (C=O) groups is 1. The van der Waals surface area contributed by atoms with E-state index >= 15 is 0 Å². The van der Waals surface area contributed by atoms with E-state index in [-0.39, 0.29) is 24.0 Å². The zero-order valence-electron chi connectivity index (χ0n) is 20.4. The number of hydrogen-bond acceptors (Lipinski definition) is 5. The molecule has 2 aliphatic heterocycles. The molecule has 1 aromatic heterocycles. The summed E-state index contributed by atoms with van der Waals surface area (Å²) in [5.41, 5.74) is 2.88. The zero-order valence-corrected chi connectivity index (χ0v) is 20.4. The van der Waals surface area contributed by atoms with E-state index < -0.39 is 0 Å². The summed E-state index contributed by atoms with van der Waals surface area (Å²) in [6, 6.07) is 17.5. The van der Waals surface area contributed by atoms with E-state index in [1.54, 1.807) is 7.11 Å². The number of aromatic nitrogens is 2. The molecule has 1 aliphatic carbocycles. The molecule has 0 unspecified atom stereocenters. The molecule has 184 valence electrons. The van der Waals surface area contributed by atoms with Gasteiger partial charge >= 0.3 is 0 Å². The third-order valence-corrected chi connectivity index (χ3v) is 8.01. The van der Waals surface area contributed by atoms with Gasteiger partial charge in [-0.2, -0.15) is 5.10 Å². The normalized spacial score (nSPS) is 25.1. The summed E-state index contributed by atoms with van der Waals surface area (Å²) in [7, 11) is 1.70. The molecule has 7 heteroatoms. The van der Waals surface area contributed by atoms with Gasteiger partial charge in [-0.25, -0.2) is 0 Å². The lowest BCUT2D eigenvalue weighted by molar-refractivity contribution is -0.0843. The van der Waals surface area contributed by atoms with E-state index in [2.05, 4.69) is 33.1 Å². The average Bonchev–Trinajstić information content (AvgIpc) is 3.53. The van der Waals surface area contributed by atoms with Gasteiger partial charge in [0, 0.05) is 30.1 Å². The largest absolute Gasteiger partial charge is 0.497 e. The van der Waals surface area contributed by atoms with Gasteiger partial charge in [-0.15, -0.1) is 0 Å². The van der Waals surface area contributed by atoms with Gasteiger partial charge in [-0.1, -0.05) is 43.2 Å². The highest BCUT2D eigenvalue weighted by Crippen LogP contribution is 2.34. The Morgan fingerprint density at radius 1 is 1.06 bits per heavy atom. The second-order valence-corrected chi connectivity index (χ2v) is 10.3. The molecule has 6 rings (SSSR count). The van der Waals surface area contributed by atoms with Crippen LogP contribution in [0.4, 0.5) is 0 Å². The van der Waals surface area contributed by atoms with Crippen LogP contribution in [0.1, 0.15) is 60.6 Å². The molecule has 2 aromatic carbocycles. The number of amides is 1. The SMILES string of the molecule is COc1cccc(CN2[C@@H]3COC[C@H]2C[C@@H](NC(=O)c2nn(C4CCCC4)c4ccccc24)C3)c1. The second-order valence-electron chi connectivity index (χ2n) is 10.3. The number of hydrogen-bond donors (Lipinski definition) is 1. The number of methoxy groups -OCH3 is 1. The van der Waals surface area contributed by atoms with Crippen molar-refractivity contribution in [2.45, 2.75) is 69.2 Å². The smallest absolute Gasteiger partial charge is 0.272 e. The van der Waals surface area contributed by atoms with Crippen molar-refractivity contribution in [2.24, 2.45) is 0 Å². The summed E-state index contributed by atoms with van der Waals surface area (Å²) in [5, 5.41) is 9.15. The second kappa shape index (κ2) is 9.63. The highest BCUT2D eigenvalue weighted by atomic mass is 16.5. The molecule has 2 saturated heterocycles. The Labute approximate surface area is 206 Å². The molecule has 1 amide bonds. The molecule has 3 heterocycles. The van der Waals surface area contributed by atoms with Gasteiger partial charge in [0.1, 0.15) is 5.75 Å². The van der Waals surface area contributed by atoms with Crippen molar-refractivity contribution in [3.8, 4) is 5.75 Å². The van der Waals surface area contributed by atoms with E-state index in [0.29, 0.717) is 24.9 Å². The molecule has 0 spiro atoms. The minimum atomic E-state index is -0.0526. The molecule has 7 nitrogen and oxygen atoms in total. The standard InChI is InChI=1S/C28H34N4O3/c1-34-24-10-6-7-19(13-24)16-31-22-14-20(15-23(31)18-35-17-22)29-28(33)27-25-11-4-5-12-26(25)32(30-27)21-8-2-3-9-21/h4-7,10-13,20-23H,2-3,8-9,14-18H2,1H3,(H,29,33)/t20-,22-,23+. The Morgan fingerprint density at radius 3 is 2.60 bits per heavy atom. The zero-order chi connectivity index (χ0) is 23.8. The predicted octanol–water partition coefficient (Wildman–Crippen LogP) is 4.32. The van der Waals surface area contributed by atoms with Gasteiger partial charge in [-0.3, -0.25) is 14.4 Å².